The van der Waals surface area contributed by atoms with Crippen LogP contribution in [0.5, 0.6) is 0 Å². The SMILES string of the molecule is Br.Cc1ccccc1-c1cc[n+](CC(=O)c2ccc(F)cc2)cn1. The Hall–Kier alpha value is -2.40. The molecule has 0 radical (unpaired) electrons. The molecule has 0 fully saturated rings. The Morgan fingerprint density at radius 1 is 1.08 bits per heavy atom. The molecule has 0 saturated heterocycles. The van der Waals surface area contributed by atoms with Crippen LogP contribution in [0.15, 0.2) is 67.1 Å². The first kappa shape index (κ1) is 17.9. The number of carbonyl (C=O) groups is 1. The first-order chi connectivity index (χ1) is 11.1. The molecule has 0 unspecified atom stereocenters. The summed E-state index contributed by atoms with van der Waals surface area (Å²) in [4.78, 5) is 16.6. The average Bonchev–Trinajstić information content (AvgIpc) is 2.57. The highest BCUT2D eigenvalue weighted by molar-refractivity contribution is 8.93. The van der Waals surface area contributed by atoms with E-state index < -0.39 is 0 Å². The first-order valence-corrected chi connectivity index (χ1v) is 7.33. The van der Waals surface area contributed by atoms with Crippen molar-refractivity contribution in [3.05, 3.63) is 84.1 Å². The number of carbonyl (C=O) groups excluding carboxylic acids is 1. The molecule has 0 aliphatic rings. The van der Waals surface area contributed by atoms with Gasteiger partial charge in [0.05, 0.1) is 6.20 Å². The van der Waals surface area contributed by atoms with Gasteiger partial charge in [0.15, 0.2) is 12.2 Å². The van der Waals surface area contributed by atoms with E-state index in [9.17, 15) is 9.18 Å². The second-order valence-electron chi connectivity index (χ2n) is 5.36. The Balaban J connectivity index is 0.00000208. The molecule has 3 rings (SSSR count). The lowest BCUT2D eigenvalue weighted by Gasteiger charge is -2.02. The summed E-state index contributed by atoms with van der Waals surface area (Å²) in [5.74, 6) is -0.432. The lowest BCUT2D eigenvalue weighted by atomic mass is 10.1. The summed E-state index contributed by atoms with van der Waals surface area (Å²) >= 11 is 0. The highest BCUT2D eigenvalue weighted by Crippen LogP contribution is 2.19. The average molecular weight is 388 g/mol. The smallest absolute Gasteiger partial charge is 0.287 e. The predicted molar refractivity (Wildman–Crippen MR) is 95.7 cm³/mol. The van der Waals surface area contributed by atoms with E-state index in [2.05, 4.69) is 4.98 Å². The molecule has 5 heteroatoms. The van der Waals surface area contributed by atoms with Crippen molar-refractivity contribution in [2.45, 2.75) is 13.5 Å². The summed E-state index contributed by atoms with van der Waals surface area (Å²) in [7, 11) is 0. The predicted octanol–water partition coefficient (Wildman–Crippen LogP) is 3.94. The van der Waals surface area contributed by atoms with Crippen LogP contribution in [0.1, 0.15) is 15.9 Å². The van der Waals surface area contributed by atoms with Gasteiger partial charge in [-0.05, 0) is 41.7 Å². The molecule has 3 nitrogen and oxygen atoms in total. The number of Topliss-reactive ketones (excluding diaryl/α,β-unsaturated/α-hetero) is 1. The van der Waals surface area contributed by atoms with Crippen molar-refractivity contribution >= 4 is 22.8 Å². The molecular formula is C19H17BrFN2O+. The number of aromatic nitrogens is 2. The van der Waals surface area contributed by atoms with Gasteiger partial charge in [-0.1, -0.05) is 24.3 Å². The summed E-state index contributed by atoms with van der Waals surface area (Å²) in [6, 6.07) is 15.5. The van der Waals surface area contributed by atoms with Gasteiger partial charge < -0.3 is 0 Å². The molecular weight excluding hydrogens is 371 g/mol. The Morgan fingerprint density at radius 3 is 2.42 bits per heavy atom. The van der Waals surface area contributed by atoms with E-state index in [-0.39, 0.29) is 35.1 Å². The van der Waals surface area contributed by atoms with Crippen LogP contribution in [-0.2, 0) is 6.54 Å². The number of aryl methyl sites for hydroxylation is 1. The maximum absolute atomic E-state index is 12.9. The number of hydrogen-bond donors (Lipinski definition) is 0. The highest BCUT2D eigenvalue weighted by atomic mass is 79.9. The molecule has 3 aromatic rings. The second-order valence-corrected chi connectivity index (χ2v) is 5.36. The number of halogens is 2. The third-order valence-corrected chi connectivity index (χ3v) is 3.68. The summed E-state index contributed by atoms with van der Waals surface area (Å²) in [5, 5.41) is 0. The normalized spacial score (nSPS) is 10.1. The molecule has 0 amide bonds. The van der Waals surface area contributed by atoms with Crippen molar-refractivity contribution in [1.82, 2.24) is 4.98 Å². The van der Waals surface area contributed by atoms with Crippen LogP contribution in [-0.4, -0.2) is 10.8 Å². The lowest BCUT2D eigenvalue weighted by Crippen LogP contribution is -2.37. The number of nitrogens with zero attached hydrogens (tertiary/aromatic N) is 2. The minimum atomic E-state index is -0.349. The fourth-order valence-electron chi connectivity index (χ4n) is 2.39. The van der Waals surface area contributed by atoms with Crippen LogP contribution in [0.2, 0.25) is 0 Å². The topological polar surface area (TPSA) is 33.8 Å². The van der Waals surface area contributed by atoms with Crippen LogP contribution in [0.4, 0.5) is 4.39 Å². The van der Waals surface area contributed by atoms with Crippen LogP contribution >= 0.6 is 17.0 Å². The van der Waals surface area contributed by atoms with Gasteiger partial charge >= 0.3 is 0 Å². The summed E-state index contributed by atoms with van der Waals surface area (Å²) < 4.78 is 14.6. The van der Waals surface area contributed by atoms with Crippen LogP contribution in [0.3, 0.4) is 0 Å². The Bertz CT molecular complexity index is 833. The summed E-state index contributed by atoms with van der Waals surface area (Å²) in [5.41, 5.74) is 3.58. The quantitative estimate of drug-likeness (QED) is 0.501. The Labute approximate surface area is 150 Å². The minimum absolute atomic E-state index is 0. The largest absolute Gasteiger partial charge is 0.290 e. The zero-order valence-corrected chi connectivity index (χ0v) is 14.9. The number of benzene rings is 2. The molecule has 0 atom stereocenters. The molecule has 0 bridgehead atoms. The molecule has 0 aliphatic carbocycles. The Kier molecular flexibility index (Phi) is 5.93. The molecule has 0 aliphatic heterocycles. The third-order valence-electron chi connectivity index (χ3n) is 3.68. The van der Waals surface area contributed by atoms with E-state index in [1.54, 1.807) is 10.9 Å². The first-order valence-electron chi connectivity index (χ1n) is 7.33. The Morgan fingerprint density at radius 2 is 1.79 bits per heavy atom. The lowest BCUT2D eigenvalue weighted by molar-refractivity contribution is -0.686. The minimum Gasteiger partial charge on any atom is -0.290 e. The van der Waals surface area contributed by atoms with Crippen molar-refractivity contribution in [2.24, 2.45) is 0 Å². The van der Waals surface area contributed by atoms with Gasteiger partial charge in [0.25, 0.3) is 6.33 Å². The zero-order chi connectivity index (χ0) is 16.2. The fourth-order valence-corrected chi connectivity index (χ4v) is 2.39. The molecule has 2 aromatic carbocycles. The molecule has 0 N–H and O–H groups in total. The number of hydrogen-bond acceptors (Lipinski definition) is 2. The van der Waals surface area contributed by atoms with Gasteiger partial charge in [0.1, 0.15) is 5.82 Å². The van der Waals surface area contributed by atoms with E-state index in [1.807, 2.05) is 43.5 Å². The van der Waals surface area contributed by atoms with E-state index in [4.69, 9.17) is 0 Å². The summed E-state index contributed by atoms with van der Waals surface area (Å²) in [6.07, 6.45) is 3.47. The number of rotatable bonds is 4. The van der Waals surface area contributed by atoms with Gasteiger partial charge in [-0.2, -0.15) is 0 Å². The maximum Gasteiger partial charge on any atom is 0.287 e. The van der Waals surface area contributed by atoms with Crippen molar-refractivity contribution in [3.63, 3.8) is 0 Å². The molecule has 24 heavy (non-hydrogen) atoms. The van der Waals surface area contributed by atoms with E-state index in [0.717, 1.165) is 16.8 Å². The van der Waals surface area contributed by atoms with E-state index in [1.165, 1.54) is 24.3 Å². The highest BCUT2D eigenvalue weighted by Gasteiger charge is 2.12. The van der Waals surface area contributed by atoms with Crippen molar-refractivity contribution < 1.29 is 13.8 Å². The van der Waals surface area contributed by atoms with E-state index in [0.29, 0.717) is 5.56 Å². The molecule has 0 spiro atoms. The van der Waals surface area contributed by atoms with Crippen LogP contribution in [0.25, 0.3) is 11.3 Å². The van der Waals surface area contributed by atoms with Crippen molar-refractivity contribution in [1.29, 1.82) is 0 Å². The summed E-state index contributed by atoms with van der Waals surface area (Å²) in [6.45, 7) is 2.21. The second kappa shape index (κ2) is 7.93. The van der Waals surface area contributed by atoms with Crippen molar-refractivity contribution in [2.75, 3.05) is 0 Å². The number of ketones is 1. The van der Waals surface area contributed by atoms with Crippen molar-refractivity contribution in [3.8, 4) is 11.3 Å². The van der Waals surface area contributed by atoms with Gasteiger partial charge in [-0.25, -0.2) is 8.96 Å². The third kappa shape index (κ3) is 4.11. The van der Waals surface area contributed by atoms with Gasteiger partial charge in [0, 0.05) is 17.2 Å². The molecule has 0 saturated carbocycles. The van der Waals surface area contributed by atoms with Gasteiger partial charge in [-0.15, -0.1) is 17.0 Å². The van der Waals surface area contributed by atoms with E-state index >= 15 is 0 Å². The molecule has 1 aromatic heterocycles. The van der Waals surface area contributed by atoms with Crippen LogP contribution < -0.4 is 4.57 Å². The van der Waals surface area contributed by atoms with Crippen LogP contribution in [0, 0.1) is 12.7 Å². The zero-order valence-electron chi connectivity index (χ0n) is 13.1. The molecule has 1 heterocycles. The fraction of sp³-hybridized carbons (Fsp3) is 0.105. The standard InChI is InChI=1S/C19H16FN2O.BrH/c1-14-4-2-3-5-17(14)18-10-11-22(13-21-18)12-19(23)15-6-8-16(20)9-7-15;/h2-11,13H,12H2,1H3;1H/q+1;. The maximum atomic E-state index is 12.9. The monoisotopic (exact) mass is 387 g/mol. The van der Waals surface area contributed by atoms with Gasteiger partial charge in [0.2, 0.25) is 5.78 Å². The molecule has 122 valence electrons. The van der Waals surface area contributed by atoms with Gasteiger partial charge in [-0.3, -0.25) is 4.79 Å².